The summed E-state index contributed by atoms with van der Waals surface area (Å²) in [5, 5.41) is 2.97. The fourth-order valence-electron chi connectivity index (χ4n) is 2.90. The van der Waals surface area contributed by atoms with Crippen molar-refractivity contribution in [2.45, 2.75) is 26.7 Å². The van der Waals surface area contributed by atoms with Crippen LogP contribution < -0.4 is 10.2 Å². The van der Waals surface area contributed by atoms with E-state index in [1.165, 1.54) is 0 Å². The van der Waals surface area contributed by atoms with Gasteiger partial charge in [-0.25, -0.2) is 0 Å². The largest absolute Gasteiger partial charge is 0.326 e. The molecule has 1 aliphatic heterocycles. The first-order chi connectivity index (χ1) is 11.0. The van der Waals surface area contributed by atoms with E-state index in [0.29, 0.717) is 12.8 Å². The van der Waals surface area contributed by atoms with Crippen molar-refractivity contribution in [2.24, 2.45) is 0 Å². The van der Waals surface area contributed by atoms with E-state index in [9.17, 15) is 9.59 Å². The number of carbonyl (C=O) groups is 2. The first-order valence-electron chi connectivity index (χ1n) is 7.70. The second kappa shape index (κ2) is 5.88. The molecule has 0 saturated heterocycles. The fourth-order valence-corrected chi connectivity index (χ4v) is 2.90. The molecule has 0 aliphatic carbocycles. The van der Waals surface area contributed by atoms with Crippen molar-refractivity contribution >= 4 is 23.2 Å². The van der Waals surface area contributed by atoms with Gasteiger partial charge in [0.15, 0.2) is 0 Å². The van der Waals surface area contributed by atoms with Crippen LogP contribution in [0.25, 0.3) is 0 Å². The Morgan fingerprint density at radius 2 is 2.00 bits per heavy atom. The minimum atomic E-state index is -0.0451. The molecule has 2 aromatic carbocycles. The zero-order valence-electron chi connectivity index (χ0n) is 13.6. The minimum Gasteiger partial charge on any atom is -0.326 e. The molecule has 3 rings (SSSR count). The summed E-state index contributed by atoms with van der Waals surface area (Å²) < 4.78 is 0. The van der Waals surface area contributed by atoms with Gasteiger partial charge < -0.3 is 10.2 Å². The van der Waals surface area contributed by atoms with Crippen LogP contribution in [0.15, 0.2) is 36.4 Å². The lowest BCUT2D eigenvalue weighted by molar-refractivity contribution is -0.117. The van der Waals surface area contributed by atoms with E-state index in [1.54, 1.807) is 11.9 Å². The first kappa shape index (κ1) is 15.3. The van der Waals surface area contributed by atoms with Crippen LogP contribution in [0.5, 0.6) is 0 Å². The average Bonchev–Trinajstić information content (AvgIpc) is 2.78. The number of aryl methyl sites for hydroxylation is 1. The molecule has 1 aliphatic rings. The van der Waals surface area contributed by atoms with Crippen molar-refractivity contribution in [1.29, 1.82) is 0 Å². The number of likely N-dealkylation sites (N-methyl/N-ethyl adjacent to an activating group) is 1. The molecular formula is C19H20N2O2. The van der Waals surface area contributed by atoms with E-state index < -0.39 is 0 Å². The van der Waals surface area contributed by atoms with Crippen LogP contribution in [0.2, 0.25) is 0 Å². The van der Waals surface area contributed by atoms with E-state index in [1.807, 2.05) is 50.2 Å². The van der Waals surface area contributed by atoms with Crippen molar-refractivity contribution in [3.8, 4) is 0 Å². The number of anilines is 2. The van der Waals surface area contributed by atoms with Crippen LogP contribution in [0, 0.1) is 13.8 Å². The van der Waals surface area contributed by atoms with Crippen LogP contribution in [0.1, 0.15) is 22.3 Å². The summed E-state index contributed by atoms with van der Waals surface area (Å²) in [7, 11) is 1.78. The second-order valence-corrected chi connectivity index (χ2v) is 6.07. The van der Waals surface area contributed by atoms with Crippen molar-refractivity contribution in [1.82, 2.24) is 0 Å². The zero-order chi connectivity index (χ0) is 16.6. The van der Waals surface area contributed by atoms with Gasteiger partial charge in [0.05, 0.1) is 12.8 Å². The summed E-state index contributed by atoms with van der Waals surface area (Å²) in [6, 6.07) is 11.7. The number of nitrogens with one attached hydrogen (secondary N) is 1. The predicted molar refractivity (Wildman–Crippen MR) is 91.8 cm³/mol. The molecule has 1 heterocycles. The molecule has 0 atom stereocenters. The SMILES string of the molecule is Cc1cccc(NC(=O)Cc2ccc3c(c2)CC(=O)N3C)c1C. The highest BCUT2D eigenvalue weighted by atomic mass is 16.2. The molecule has 0 saturated carbocycles. The number of carbonyl (C=O) groups excluding carboxylic acids is 2. The third kappa shape index (κ3) is 2.97. The Bertz CT molecular complexity index is 796. The molecule has 4 nitrogen and oxygen atoms in total. The molecule has 0 bridgehead atoms. The third-order valence-electron chi connectivity index (χ3n) is 4.46. The maximum Gasteiger partial charge on any atom is 0.231 e. The van der Waals surface area contributed by atoms with E-state index >= 15 is 0 Å². The van der Waals surface area contributed by atoms with Gasteiger partial charge in [0.1, 0.15) is 0 Å². The van der Waals surface area contributed by atoms with E-state index in [0.717, 1.165) is 33.6 Å². The Morgan fingerprint density at radius 1 is 1.22 bits per heavy atom. The van der Waals surface area contributed by atoms with Crippen LogP contribution in [0.3, 0.4) is 0 Å². The van der Waals surface area contributed by atoms with Gasteiger partial charge in [-0.1, -0.05) is 24.3 Å². The topological polar surface area (TPSA) is 49.4 Å². The molecule has 1 N–H and O–H groups in total. The predicted octanol–water partition coefficient (Wildman–Crippen LogP) is 3.00. The van der Waals surface area contributed by atoms with Gasteiger partial charge in [0.2, 0.25) is 11.8 Å². The Morgan fingerprint density at radius 3 is 2.78 bits per heavy atom. The van der Waals surface area contributed by atoms with Crippen molar-refractivity contribution in [3.63, 3.8) is 0 Å². The maximum atomic E-state index is 12.3. The minimum absolute atomic E-state index is 0.0451. The summed E-state index contributed by atoms with van der Waals surface area (Å²) >= 11 is 0. The molecule has 4 heteroatoms. The van der Waals surface area contributed by atoms with E-state index in [-0.39, 0.29) is 11.8 Å². The lowest BCUT2D eigenvalue weighted by atomic mass is 10.0. The zero-order valence-corrected chi connectivity index (χ0v) is 13.6. The van der Waals surface area contributed by atoms with E-state index in [2.05, 4.69) is 5.32 Å². The smallest absolute Gasteiger partial charge is 0.231 e. The summed E-state index contributed by atoms with van der Waals surface area (Å²) in [6.45, 7) is 4.03. The van der Waals surface area contributed by atoms with Gasteiger partial charge in [-0.15, -0.1) is 0 Å². The number of hydrogen-bond donors (Lipinski definition) is 1. The van der Waals surface area contributed by atoms with Gasteiger partial charge in [-0.2, -0.15) is 0 Å². The summed E-state index contributed by atoms with van der Waals surface area (Å²) in [4.78, 5) is 25.7. The standard InChI is InChI=1S/C19H20N2O2/c1-12-5-4-6-16(13(12)2)20-18(22)10-14-7-8-17-15(9-14)11-19(23)21(17)3/h4-9H,10-11H2,1-3H3,(H,20,22). The number of benzene rings is 2. The lowest BCUT2D eigenvalue weighted by Gasteiger charge is -2.12. The molecule has 23 heavy (non-hydrogen) atoms. The average molecular weight is 308 g/mol. The molecule has 2 aromatic rings. The summed E-state index contributed by atoms with van der Waals surface area (Å²) in [5.74, 6) is 0.0494. The number of rotatable bonds is 3. The highest BCUT2D eigenvalue weighted by Crippen LogP contribution is 2.28. The Labute approximate surface area is 136 Å². The van der Waals surface area contributed by atoms with E-state index in [4.69, 9.17) is 0 Å². The molecule has 118 valence electrons. The Hall–Kier alpha value is -2.62. The van der Waals surface area contributed by atoms with Gasteiger partial charge in [0, 0.05) is 18.4 Å². The highest BCUT2D eigenvalue weighted by Gasteiger charge is 2.24. The molecule has 0 unspecified atom stereocenters. The van der Waals surface area contributed by atoms with Gasteiger partial charge in [-0.05, 0) is 48.2 Å². The number of amides is 2. The maximum absolute atomic E-state index is 12.3. The molecule has 2 amide bonds. The quantitative estimate of drug-likeness (QED) is 0.947. The fraction of sp³-hybridized carbons (Fsp3) is 0.263. The number of fused-ring (bicyclic) bond motifs is 1. The summed E-state index contributed by atoms with van der Waals surface area (Å²) in [5.41, 5.74) is 5.95. The molecular weight excluding hydrogens is 288 g/mol. The molecule has 0 spiro atoms. The Kier molecular flexibility index (Phi) is 3.90. The highest BCUT2D eigenvalue weighted by molar-refractivity contribution is 6.01. The second-order valence-electron chi connectivity index (χ2n) is 6.07. The molecule has 0 aromatic heterocycles. The first-order valence-corrected chi connectivity index (χ1v) is 7.70. The van der Waals surface area contributed by atoms with Gasteiger partial charge in [-0.3, -0.25) is 9.59 Å². The number of nitrogens with zero attached hydrogens (tertiary/aromatic N) is 1. The van der Waals surface area contributed by atoms with Crippen molar-refractivity contribution < 1.29 is 9.59 Å². The normalized spacial score (nSPS) is 13.2. The number of hydrogen-bond acceptors (Lipinski definition) is 2. The Balaban J connectivity index is 1.73. The van der Waals surface area contributed by atoms with Crippen LogP contribution in [-0.2, 0) is 22.4 Å². The van der Waals surface area contributed by atoms with Crippen LogP contribution >= 0.6 is 0 Å². The van der Waals surface area contributed by atoms with Crippen LogP contribution in [-0.4, -0.2) is 18.9 Å². The van der Waals surface area contributed by atoms with Gasteiger partial charge >= 0.3 is 0 Å². The summed E-state index contributed by atoms with van der Waals surface area (Å²) in [6.07, 6.45) is 0.719. The third-order valence-corrected chi connectivity index (χ3v) is 4.46. The monoisotopic (exact) mass is 308 g/mol. The van der Waals surface area contributed by atoms with Crippen LogP contribution in [0.4, 0.5) is 11.4 Å². The van der Waals surface area contributed by atoms with Crippen molar-refractivity contribution in [2.75, 3.05) is 17.3 Å². The van der Waals surface area contributed by atoms with Gasteiger partial charge in [0.25, 0.3) is 0 Å². The van der Waals surface area contributed by atoms with Crippen molar-refractivity contribution in [3.05, 3.63) is 58.7 Å². The lowest BCUT2D eigenvalue weighted by Crippen LogP contribution is -2.20. The molecule has 0 fully saturated rings. The molecule has 0 radical (unpaired) electrons.